The molecule has 1 amide bonds. The molecule has 1 atom stereocenters. The number of likely N-dealkylation sites (tertiary alicyclic amines) is 1. The lowest BCUT2D eigenvalue weighted by atomic mass is 9.85. The molecule has 2 heterocycles. The van der Waals surface area contributed by atoms with E-state index in [4.69, 9.17) is 16.3 Å². The van der Waals surface area contributed by atoms with E-state index in [0.29, 0.717) is 24.6 Å². The van der Waals surface area contributed by atoms with Crippen LogP contribution in [0, 0.1) is 12.8 Å². The molecule has 0 bridgehead atoms. The van der Waals surface area contributed by atoms with Crippen molar-refractivity contribution in [2.75, 3.05) is 25.5 Å². The second-order valence-corrected chi connectivity index (χ2v) is 9.53. The Morgan fingerprint density at radius 2 is 1.91 bits per heavy atom. The first kappa shape index (κ1) is 25.1. The van der Waals surface area contributed by atoms with Gasteiger partial charge in [0, 0.05) is 36.8 Å². The highest BCUT2D eigenvalue weighted by atomic mass is 35.5. The molecular weight excluding hydrogens is 457 g/mol. The normalized spacial score (nSPS) is 15.7. The number of carbonyl (C=O) groups is 1. The molecule has 1 aliphatic heterocycles. The van der Waals surface area contributed by atoms with Crippen molar-refractivity contribution in [2.24, 2.45) is 5.92 Å². The molecule has 1 fully saturated rings. The fourth-order valence-corrected chi connectivity index (χ4v) is 4.02. The number of amides is 1. The zero-order chi connectivity index (χ0) is 24.6. The highest BCUT2D eigenvalue weighted by Crippen LogP contribution is 2.38. The van der Waals surface area contributed by atoms with Gasteiger partial charge in [-0.25, -0.2) is 9.78 Å². The minimum Gasteiger partial charge on any atom is -0.444 e. The number of nitrogens with one attached hydrogen (secondary N) is 2. The average molecular weight is 485 g/mol. The maximum Gasteiger partial charge on any atom is 0.416 e. The van der Waals surface area contributed by atoms with Crippen molar-refractivity contribution in [1.29, 1.82) is 0 Å². The average Bonchev–Trinajstić information content (AvgIpc) is 2.64. The molecule has 2 N–H and O–H groups in total. The Hall–Kier alpha value is -2.52. The number of hydrogen-bond acceptors (Lipinski definition) is 5. The van der Waals surface area contributed by atoms with Crippen molar-refractivity contribution in [3.63, 3.8) is 0 Å². The van der Waals surface area contributed by atoms with E-state index < -0.39 is 17.3 Å². The Balaban J connectivity index is 1.81. The fourth-order valence-electron chi connectivity index (χ4n) is 3.80. The Morgan fingerprint density at radius 3 is 2.45 bits per heavy atom. The van der Waals surface area contributed by atoms with Gasteiger partial charge in [0.2, 0.25) is 0 Å². The highest BCUT2D eigenvalue weighted by Gasteiger charge is 2.39. The van der Waals surface area contributed by atoms with Crippen LogP contribution in [-0.4, -0.2) is 41.7 Å². The summed E-state index contributed by atoms with van der Waals surface area (Å²) in [6.07, 6.45) is -3.21. The summed E-state index contributed by atoms with van der Waals surface area (Å²) in [7, 11) is 1.82. The number of anilines is 2. The number of alkyl halides is 3. The summed E-state index contributed by atoms with van der Waals surface area (Å²) in [6.45, 7) is 8.42. The molecule has 1 aliphatic rings. The number of ether oxygens (including phenoxy) is 1. The molecular formula is C23H28ClF3N4O2. The zero-order valence-corrected chi connectivity index (χ0v) is 19.9. The molecule has 1 aromatic carbocycles. The molecule has 180 valence electrons. The summed E-state index contributed by atoms with van der Waals surface area (Å²) in [5, 5.41) is 6.33. The first-order chi connectivity index (χ1) is 15.3. The van der Waals surface area contributed by atoms with Crippen molar-refractivity contribution in [3.05, 3.63) is 52.2 Å². The molecule has 10 heteroatoms. The number of aryl methyl sites for hydroxylation is 1. The number of pyridine rings is 1. The predicted molar refractivity (Wildman–Crippen MR) is 122 cm³/mol. The standard InChI is InChI=1S/C23H28ClF3N4O2/c1-13-8-9-29-20(30-17-7-6-15(10-16(17)24)23(25,26)27)18(13)19(28-5)14-11-31(12-14)21(32)33-22(2,3)4/h6-10,14,19,28H,11-12H2,1-5H3,(H,29,30). The Labute approximate surface area is 196 Å². The monoisotopic (exact) mass is 484 g/mol. The van der Waals surface area contributed by atoms with E-state index in [1.165, 1.54) is 6.07 Å². The van der Waals surface area contributed by atoms with E-state index in [1.807, 2.05) is 40.8 Å². The summed E-state index contributed by atoms with van der Waals surface area (Å²) in [6, 6.07) is 4.88. The van der Waals surface area contributed by atoms with E-state index in [2.05, 4.69) is 15.6 Å². The number of hydrogen-bond donors (Lipinski definition) is 2. The van der Waals surface area contributed by atoms with Crippen LogP contribution < -0.4 is 10.6 Å². The second kappa shape index (κ2) is 9.38. The van der Waals surface area contributed by atoms with Crippen molar-refractivity contribution in [3.8, 4) is 0 Å². The Kier molecular flexibility index (Phi) is 7.14. The minimum atomic E-state index is -4.48. The van der Waals surface area contributed by atoms with E-state index in [-0.39, 0.29) is 23.1 Å². The van der Waals surface area contributed by atoms with Crippen LogP contribution in [-0.2, 0) is 10.9 Å². The molecule has 0 spiro atoms. The topological polar surface area (TPSA) is 66.5 Å². The van der Waals surface area contributed by atoms with Crippen LogP contribution in [0.1, 0.15) is 43.5 Å². The van der Waals surface area contributed by atoms with Crippen LogP contribution in [0.25, 0.3) is 0 Å². The van der Waals surface area contributed by atoms with Gasteiger partial charge in [-0.15, -0.1) is 0 Å². The summed E-state index contributed by atoms with van der Waals surface area (Å²) < 4.78 is 44.3. The van der Waals surface area contributed by atoms with Crippen LogP contribution in [0.15, 0.2) is 30.5 Å². The quantitative estimate of drug-likeness (QED) is 0.550. The first-order valence-electron chi connectivity index (χ1n) is 10.5. The summed E-state index contributed by atoms with van der Waals surface area (Å²) in [5.74, 6) is 0.598. The number of carbonyl (C=O) groups excluding carboxylic acids is 1. The third kappa shape index (κ3) is 5.89. The molecule has 33 heavy (non-hydrogen) atoms. The van der Waals surface area contributed by atoms with Crippen molar-refractivity contribution in [2.45, 2.75) is 45.5 Å². The third-order valence-electron chi connectivity index (χ3n) is 5.41. The van der Waals surface area contributed by atoms with Gasteiger partial charge in [0.15, 0.2) is 0 Å². The van der Waals surface area contributed by atoms with Crippen molar-refractivity contribution in [1.82, 2.24) is 15.2 Å². The molecule has 1 unspecified atom stereocenters. The Bertz CT molecular complexity index is 1020. The molecule has 0 aliphatic carbocycles. The Morgan fingerprint density at radius 1 is 1.24 bits per heavy atom. The van der Waals surface area contributed by atoms with Crippen molar-refractivity contribution < 1.29 is 22.7 Å². The van der Waals surface area contributed by atoms with Crippen LogP contribution in [0.4, 0.5) is 29.5 Å². The van der Waals surface area contributed by atoms with Crippen LogP contribution >= 0.6 is 11.6 Å². The SMILES string of the molecule is CNC(c1c(C)ccnc1Nc1ccc(C(F)(F)F)cc1Cl)C1CN(C(=O)OC(C)(C)C)C1. The lowest BCUT2D eigenvalue weighted by Crippen LogP contribution is -2.55. The number of halogens is 4. The van der Waals surface area contributed by atoms with Gasteiger partial charge < -0.3 is 20.3 Å². The minimum absolute atomic E-state index is 0.0557. The summed E-state index contributed by atoms with van der Waals surface area (Å²) in [5.41, 5.74) is 0.751. The van der Waals surface area contributed by atoms with Gasteiger partial charge in [-0.05, 0) is 64.6 Å². The van der Waals surface area contributed by atoms with Crippen molar-refractivity contribution >= 4 is 29.2 Å². The maximum absolute atomic E-state index is 13.0. The lowest BCUT2D eigenvalue weighted by Gasteiger charge is -2.44. The summed E-state index contributed by atoms with van der Waals surface area (Å²) >= 11 is 6.13. The summed E-state index contributed by atoms with van der Waals surface area (Å²) in [4.78, 5) is 18.4. The van der Waals surface area contributed by atoms with Crippen LogP contribution in [0.5, 0.6) is 0 Å². The molecule has 1 aromatic heterocycles. The van der Waals surface area contributed by atoms with E-state index in [1.54, 1.807) is 11.1 Å². The number of rotatable bonds is 5. The molecule has 0 radical (unpaired) electrons. The lowest BCUT2D eigenvalue weighted by molar-refractivity contribution is -0.137. The van der Waals surface area contributed by atoms with Gasteiger partial charge in [-0.2, -0.15) is 13.2 Å². The fraction of sp³-hybridized carbons (Fsp3) is 0.478. The first-order valence-corrected chi connectivity index (χ1v) is 10.9. The third-order valence-corrected chi connectivity index (χ3v) is 5.73. The van der Waals surface area contributed by atoms with Gasteiger partial charge in [0.05, 0.1) is 16.3 Å². The number of aromatic nitrogens is 1. The van der Waals surface area contributed by atoms with E-state index in [9.17, 15) is 18.0 Å². The smallest absolute Gasteiger partial charge is 0.416 e. The van der Waals surface area contributed by atoms with Gasteiger partial charge in [-0.3, -0.25) is 0 Å². The van der Waals surface area contributed by atoms with Gasteiger partial charge >= 0.3 is 12.3 Å². The largest absolute Gasteiger partial charge is 0.444 e. The highest BCUT2D eigenvalue weighted by molar-refractivity contribution is 6.33. The maximum atomic E-state index is 13.0. The zero-order valence-electron chi connectivity index (χ0n) is 19.2. The predicted octanol–water partition coefficient (Wildman–Crippen LogP) is 5.93. The van der Waals surface area contributed by atoms with E-state index in [0.717, 1.165) is 23.3 Å². The van der Waals surface area contributed by atoms with Gasteiger partial charge in [0.25, 0.3) is 0 Å². The number of nitrogens with zero attached hydrogens (tertiary/aromatic N) is 2. The second-order valence-electron chi connectivity index (χ2n) is 9.12. The molecule has 1 saturated heterocycles. The molecule has 0 saturated carbocycles. The molecule has 6 nitrogen and oxygen atoms in total. The molecule has 2 aromatic rings. The van der Waals surface area contributed by atoms with Crippen LogP contribution in [0.2, 0.25) is 5.02 Å². The van der Waals surface area contributed by atoms with Gasteiger partial charge in [0.1, 0.15) is 11.4 Å². The van der Waals surface area contributed by atoms with Gasteiger partial charge in [-0.1, -0.05) is 11.6 Å². The van der Waals surface area contributed by atoms with Crippen LogP contribution in [0.3, 0.4) is 0 Å². The molecule has 3 rings (SSSR count). The van der Waals surface area contributed by atoms with E-state index >= 15 is 0 Å². The number of benzene rings is 1.